The van der Waals surface area contributed by atoms with Gasteiger partial charge in [0.2, 0.25) is 0 Å². The molecule has 5 nitrogen and oxygen atoms in total. The first-order valence-corrected chi connectivity index (χ1v) is 8.58. The summed E-state index contributed by atoms with van der Waals surface area (Å²) in [6.45, 7) is 2.30. The lowest BCUT2D eigenvalue weighted by molar-refractivity contribution is 0.0637. The van der Waals surface area contributed by atoms with Crippen molar-refractivity contribution in [2.24, 2.45) is 7.05 Å². The van der Waals surface area contributed by atoms with Crippen LogP contribution in [-0.4, -0.2) is 40.2 Å². The largest absolute Gasteiger partial charge is 0.329 e. The highest BCUT2D eigenvalue weighted by Gasteiger charge is 2.30. The Labute approximate surface area is 138 Å². The number of rotatable bonds is 2. The Bertz CT molecular complexity index is 853. The molecule has 0 spiro atoms. The van der Waals surface area contributed by atoms with Gasteiger partial charge in [-0.05, 0) is 6.07 Å². The van der Waals surface area contributed by atoms with E-state index in [1.807, 2.05) is 47.9 Å². The van der Waals surface area contributed by atoms with Crippen LogP contribution in [0.1, 0.15) is 22.0 Å². The molecule has 1 unspecified atom stereocenters. The van der Waals surface area contributed by atoms with Gasteiger partial charge in [-0.2, -0.15) is 5.10 Å². The predicted octanol–water partition coefficient (Wildman–Crippen LogP) is 2.42. The van der Waals surface area contributed by atoms with Crippen LogP contribution in [0.15, 0.2) is 42.0 Å². The zero-order chi connectivity index (χ0) is 15.8. The minimum atomic E-state index is 0.0311. The maximum Gasteiger partial charge on any atom is 0.255 e. The third-order valence-corrected chi connectivity index (χ3v) is 5.29. The summed E-state index contributed by atoms with van der Waals surface area (Å²) in [6, 6.07) is 8.12. The van der Waals surface area contributed by atoms with Gasteiger partial charge in [0.15, 0.2) is 0 Å². The topological polar surface area (TPSA) is 50.2 Å². The quantitative estimate of drug-likeness (QED) is 0.787. The van der Waals surface area contributed by atoms with Crippen LogP contribution in [0.5, 0.6) is 0 Å². The van der Waals surface area contributed by atoms with E-state index in [-0.39, 0.29) is 11.9 Å². The van der Waals surface area contributed by atoms with Crippen LogP contribution >= 0.6 is 11.3 Å². The summed E-state index contributed by atoms with van der Waals surface area (Å²) in [5.41, 5.74) is 1.88. The van der Waals surface area contributed by atoms with Crippen molar-refractivity contribution in [1.82, 2.24) is 20.0 Å². The van der Waals surface area contributed by atoms with Gasteiger partial charge in [-0.15, -0.1) is 11.3 Å². The monoisotopic (exact) mass is 326 g/mol. The van der Waals surface area contributed by atoms with Crippen LogP contribution in [0, 0.1) is 0 Å². The van der Waals surface area contributed by atoms with Gasteiger partial charge in [-0.3, -0.25) is 9.48 Å². The number of piperazine rings is 1. The summed E-state index contributed by atoms with van der Waals surface area (Å²) >= 11 is 1.63. The van der Waals surface area contributed by atoms with E-state index in [4.69, 9.17) is 0 Å². The molecular formula is C17H18N4OS. The minimum absolute atomic E-state index is 0.0311. The van der Waals surface area contributed by atoms with E-state index in [0.29, 0.717) is 6.54 Å². The van der Waals surface area contributed by atoms with Crippen molar-refractivity contribution in [3.63, 3.8) is 0 Å². The second kappa shape index (κ2) is 5.79. The number of aryl methyl sites for hydroxylation is 1. The SMILES string of the molecule is Cn1cc(C2CNCCN2C(=O)c2csc3ccccc23)cn1. The average Bonchev–Trinajstić information content (AvgIpc) is 3.20. The lowest BCUT2D eigenvalue weighted by Gasteiger charge is -2.35. The first kappa shape index (κ1) is 14.4. The Hall–Kier alpha value is -2.18. The van der Waals surface area contributed by atoms with Crippen LogP contribution in [0.3, 0.4) is 0 Å². The van der Waals surface area contributed by atoms with Crippen molar-refractivity contribution in [3.05, 3.63) is 53.2 Å². The number of hydrogen-bond acceptors (Lipinski definition) is 4. The van der Waals surface area contributed by atoms with E-state index in [1.54, 1.807) is 16.0 Å². The fourth-order valence-electron chi connectivity index (χ4n) is 3.16. The Morgan fingerprint density at radius 1 is 1.39 bits per heavy atom. The Morgan fingerprint density at radius 2 is 2.26 bits per heavy atom. The normalized spacial score (nSPS) is 18.5. The average molecular weight is 326 g/mol. The van der Waals surface area contributed by atoms with Gasteiger partial charge in [-0.1, -0.05) is 18.2 Å². The van der Waals surface area contributed by atoms with E-state index in [1.165, 1.54) is 0 Å². The number of hydrogen-bond donors (Lipinski definition) is 1. The van der Waals surface area contributed by atoms with Crippen molar-refractivity contribution in [2.75, 3.05) is 19.6 Å². The fourth-order valence-corrected chi connectivity index (χ4v) is 4.09. The van der Waals surface area contributed by atoms with Crippen molar-refractivity contribution < 1.29 is 4.79 Å². The fraction of sp³-hybridized carbons (Fsp3) is 0.294. The zero-order valence-electron chi connectivity index (χ0n) is 12.9. The minimum Gasteiger partial charge on any atom is -0.329 e. The number of carbonyl (C=O) groups excluding carboxylic acids is 1. The summed E-state index contributed by atoms with van der Waals surface area (Å²) in [6.07, 6.45) is 3.84. The van der Waals surface area contributed by atoms with Crippen molar-refractivity contribution in [2.45, 2.75) is 6.04 Å². The Balaban J connectivity index is 1.70. The highest BCUT2D eigenvalue weighted by molar-refractivity contribution is 7.17. The Morgan fingerprint density at radius 3 is 3.09 bits per heavy atom. The van der Waals surface area contributed by atoms with Crippen molar-refractivity contribution >= 4 is 27.3 Å². The van der Waals surface area contributed by atoms with E-state index in [9.17, 15) is 4.79 Å². The van der Waals surface area contributed by atoms with Gasteiger partial charge in [0, 0.05) is 53.9 Å². The molecule has 0 bridgehead atoms. The molecule has 23 heavy (non-hydrogen) atoms. The summed E-state index contributed by atoms with van der Waals surface area (Å²) in [5.74, 6) is 0.109. The van der Waals surface area contributed by atoms with Crippen LogP contribution in [-0.2, 0) is 7.05 Å². The van der Waals surface area contributed by atoms with E-state index in [0.717, 1.165) is 34.3 Å². The van der Waals surface area contributed by atoms with E-state index >= 15 is 0 Å². The molecular weight excluding hydrogens is 308 g/mol. The number of thiophene rings is 1. The number of fused-ring (bicyclic) bond motifs is 1. The van der Waals surface area contributed by atoms with Gasteiger partial charge in [-0.25, -0.2) is 0 Å². The van der Waals surface area contributed by atoms with E-state index < -0.39 is 0 Å². The van der Waals surface area contributed by atoms with Crippen molar-refractivity contribution in [1.29, 1.82) is 0 Å². The number of carbonyl (C=O) groups is 1. The van der Waals surface area contributed by atoms with Gasteiger partial charge in [0.1, 0.15) is 0 Å². The Kier molecular flexibility index (Phi) is 3.63. The number of nitrogens with one attached hydrogen (secondary N) is 1. The second-order valence-electron chi connectivity index (χ2n) is 5.81. The molecule has 1 amide bonds. The molecule has 1 aromatic carbocycles. The molecule has 0 aliphatic carbocycles. The molecule has 0 saturated carbocycles. The summed E-state index contributed by atoms with van der Waals surface area (Å²) < 4.78 is 2.94. The molecule has 1 aliphatic rings. The molecule has 1 N–H and O–H groups in total. The van der Waals surface area contributed by atoms with Gasteiger partial charge in [0.25, 0.3) is 5.91 Å². The van der Waals surface area contributed by atoms with E-state index in [2.05, 4.69) is 16.5 Å². The third-order valence-electron chi connectivity index (χ3n) is 4.33. The molecule has 1 atom stereocenters. The van der Waals surface area contributed by atoms with Crippen LogP contribution in [0.2, 0.25) is 0 Å². The lowest BCUT2D eigenvalue weighted by atomic mass is 10.0. The number of amides is 1. The second-order valence-corrected chi connectivity index (χ2v) is 6.72. The maximum atomic E-state index is 13.1. The molecule has 1 saturated heterocycles. The molecule has 1 fully saturated rings. The lowest BCUT2D eigenvalue weighted by Crippen LogP contribution is -2.48. The predicted molar refractivity (Wildman–Crippen MR) is 91.7 cm³/mol. The van der Waals surface area contributed by atoms with Crippen molar-refractivity contribution in [3.8, 4) is 0 Å². The molecule has 118 valence electrons. The van der Waals surface area contributed by atoms with Crippen LogP contribution in [0.25, 0.3) is 10.1 Å². The molecule has 1 aliphatic heterocycles. The summed E-state index contributed by atoms with van der Waals surface area (Å²) in [5, 5.41) is 10.7. The molecule has 4 rings (SSSR count). The van der Waals surface area contributed by atoms with Crippen LogP contribution < -0.4 is 5.32 Å². The van der Waals surface area contributed by atoms with Crippen LogP contribution in [0.4, 0.5) is 0 Å². The number of nitrogens with zero attached hydrogens (tertiary/aromatic N) is 3. The molecule has 3 aromatic rings. The summed E-state index contributed by atoms with van der Waals surface area (Å²) in [7, 11) is 1.90. The zero-order valence-corrected chi connectivity index (χ0v) is 13.7. The molecule has 3 heterocycles. The third kappa shape index (κ3) is 2.54. The summed E-state index contributed by atoms with van der Waals surface area (Å²) in [4.78, 5) is 15.1. The standard InChI is InChI=1S/C17H18N4OS/c1-20-10-12(8-19-20)15-9-18-6-7-21(15)17(22)14-11-23-16-5-3-2-4-13(14)16/h2-5,8,10-11,15,18H,6-7,9H2,1H3. The molecule has 6 heteroatoms. The first-order chi connectivity index (χ1) is 11.2. The highest BCUT2D eigenvalue weighted by Crippen LogP contribution is 2.30. The maximum absolute atomic E-state index is 13.1. The van der Waals surface area contributed by atoms with Gasteiger partial charge < -0.3 is 10.2 Å². The highest BCUT2D eigenvalue weighted by atomic mass is 32.1. The molecule has 2 aromatic heterocycles. The number of benzene rings is 1. The molecule has 0 radical (unpaired) electrons. The number of aromatic nitrogens is 2. The van der Waals surface area contributed by atoms with Gasteiger partial charge in [0.05, 0.1) is 17.8 Å². The first-order valence-electron chi connectivity index (χ1n) is 7.70. The smallest absolute Gasteiger partial charge is 0.255 e. The van der Waals surface area contributed by atoms with Gasteiger partial charge >= 0.3 is 0 Å².